The molecule has 3 aromatic rings. The van der Waals surface area contributed by atoms with Gasteiger partial charge in [-0.3, -0.25) is 14.1 Å². The van der Waals surface area contributed by atoms with E-state index in [1.165, 1.54) is 6.92 Å². The number of amides is 1. The van der Waals surface area contributed by atoms with E-state index in [2.05, 4.69) is 37.3 Å². The molecular formula is C16H18FN7O2S. The van der Waals surface area contributed by atoms with Crippen LogP contribution in [0.15, 0.2) is 18.7 Å². The maximum atomic E-state index is 14.1. The van der Waals surface area contributed by atoms with Gasteiger partial charge in [-0.15, -0.1) is 10.2 Å². The van der Waals surface area contributed by atoms with Crippen LogP contribution in [0.2, 0.25) is 0 Å². The molecular weight excluding hydrogens is 373 g/mol. The van der Waals surface area contributed by atoms with Crippen LogP contribution >= 0.6 is 11.3 Å². The van der Waals surface area contributed by atoms with E-state index in [0.717, 1.165) is 17.8 Å². The summed E-state index contributed by atoms with van der Waals surface area (Å²) in [5.41, 5.74) is 0.567. The van der Waals surface area contributed by atoms with Gasteiger partial charge in [-0.2, -0.15) is 9.37 Å². The molecule has 0 spiro atoms. The van der Waals surface area contributed by atoms with Crippen molar-refractivity contribution < 1.29 is 13.9 Å². The van der Waals surface area contributed by atoms with Crippen molar-refractivity contribution >= 4 is 28.0 Å². The maximum absolute atomic E-state index is 14.1. The normalized spacial score (nSPS) is 20.3. The van der Waals surface area contributed by atoms with Crippen molar-refractivity contribution in [3.05, 3.63) is 29.5 Å². The van der Waals surface area contributed by atoms with Gasteiger partial charge in [0, 0.05) is 44.9 Å². The van der Waals surface area contributed by atoms with E-state index < -0.39 is 5.95 Å². The number of halogens is 1. The summed E-state index contributed by atoms with van der Waals surface area (Å²) >= 11 is 1.15. The van der Waals surface area contributed by atoms with Crippen molar-refractivity contribution in [2.45, 2.75) is 39.0 Å². The average Bonchev–Trinajstić information content (AvgIpc) is 3.29. The van der Waals surface area contributed by atoms with Crippen molar-refractivity contribution in [2.24, 2.45) is 0 Å². The lowest BCUT2D eigenvalue weighted by atomic mass is 10.2. The van der Waals surface area contributed by atoms with Crippen molar-refractivity contribution in [1.29, 1.82) is 0 Å². The molecule has 0 saturated carbocycles. The molecule has 142 valence electrons. The summed E-state index contributed by atoms with van der Waals surface area (Å²) < 4.78 is 21.9. The zero-order valence-electron chi connectivity index (χ0n) is 14.8. The number of rotatable bonds is 5. The monoisotopic (exact) mass is 391 g/mol. The number of anilines is 1. The largest absolute Gasteiger partial charge is 0.470 e. The first-order chi connectivity index (χ1) is 13.0. The van der Waals surface area contributed by atoms with Gasteiger partial charge in [0.15, 0.2) is 5.13 Å². The molecule has 2 unspecified atom stereocenters. The van der Waals surface area contributed by atoms with Crippen LogP contribution in [-0.2, 0) is 11.3 Å². The molecule has 1 aliphatic heterocycles. The Bertz CT molecular complexity index is 975. The third kappa shape index (κ3) is 3.74. The molecule has 3 aromatic heterocycles. The number of ether oxygens (including phenoxy) is 1. The van der Waals surface area contributed by atoms with Gasteiger partial charge in [-0.25, -0.2) is 4.98 Å². The van der Waals surface area contributed by atoms with Gasteiger partial charge in [0.1, 0.15) is 12.4 Å². The molecule has 9 nitrogen and oxygen atoms in total. The topological polar surface area (TPSA) is 97.5 Å². The molecule has 4 rings (SSSR count). The summed E-state index contributed by atoms with van der Waals surface area (Å²) in [6.45, 7) is 4.48. The Balaban J connectivity index is 1.43. The first kappa shape index (κ1) is 17.7. The van der Waals surface area contributed by atoms with Crippen molar-refractivity contribution in [2.75, 3.05) is 11.9 Å². The molecule has 1 N–H and O–H groups in total. The van der Waals surface area contributed by atoms with Gasteiger partial charge in [-0.1, -0.05) is 11.3 Å². The van der Waals surface area contributed by atoms with Crippen LogP contribution < -0.4 is 10.1 Å². The highest BCUT2D eigenvalue weighted by atomic mass is 32.1. The Kier molecular flexibility index (Phi) is 4.70. The van der Waals surface area contributed by atoms with Crippen LogP contribution in [0.1, 0.15) is 25.1 Å². The summed E-state index contributed by atoms with van der Waals surface area (Å²) in [6, 6.07) is 0.207. The quantitative estimate of drug-likeness (QED) is 0.707. The van der Waals surface area contributed by atoms with Crippen LogP contribution in [0.3, 0.4) is 0 Å². The molecule has 2 atom stereocenters. The first-order valence-corrected chi connectivity index (χ1v) is 9.29. The highest BCUT2D eigenvalue weighted by Crippen LogP contribution is 2.29. The Morgan fingerprint density at radius 1 is 1.52 bits per heavy atom. The van der Waals surface area contributed by atoms with Crippen molar-refractivity contribution in [3.8, 4) is 5.88 Å². The van der Waals surface area contributed by atoms with E-state index in [1.54, 1.807) is 23.1 Å². The van der Waals surface area contributed by atoms with E-state index in [9.17, 15) is 9.18 Å². The van der Waals surface area contributed by atoms with Crippen LogP contribution in [0, 0.1) is 5.95 Å². The summed E-state index contributed by atoms with van der Waals surface area (Å²) in [4.78, 5) is 21.7. The van der Waals surface area contributed by atoms with Gasteiger partial charge in [0.2, 0.25) is 17.5 Å². The van der Waals surface area contributed by atoms with E-state index in [1.807, 2.05) is 0 Å². The second-order valence-corrected chi connectivity index (χ2v) is 7.55. The van der Waals surface area contributed by atoms with E-state index in [4.69, 9.17) is 4.74 Å². The van der Waals surface area contributed by atoms with Gasteiger partial charge in [0.05, 0.1) is 4.88 Å². The van der Waals surface area contributed by atoms with Crippen LogP contribution in [0.25, 0.3) is 5.65 Å². The fraction of sp³-hybridized carbons (Fsp3) is 0.438. The number of thiazole rings is 1. The lowest BCUT2D eigenvalue weighted by Crippen LogP contribution is -2.28. The predicted molar refractivity (Wildman–Crippen MR) is 96.1 cm³/mol. The SMILES string of the molecule is CC(=O)Nc1nc(F)c(CN2CC(Oc3nccn4cnnc34)CC2C)s1. The highest BCUT2D eigenvalue weighted by Gasteiger charge is 2.32. The molecule has 1 aliphatic rings. The number of aromatic nitrogens is 5. The molecule has 0 aromatic carbocycles. The lowest BCUT2D eigenvalue weighted by Gasteiger charge is -2.19. The molecule has 4 heterocycles. The van der Waals surface area contributed by atoms with E-state index >= 15 is 0 Å². The zero-order chi connectivity index (χ0) is 19.0. The molecule has 1 amide bonds. The highest BCUT2D eigenvalue weighted by molar-refractivity contribution is 7.15. The van der Waals surface area contributed by atoms with Crippen molar-refractivity contribution in [1.82, 2.24) is 29.5 Å². The molecule has 11 heteroatoms. The van der Waals surface area contributed by atoms with E-state index in [-0.39, 0.29) is 23.2 Å². The number of hydrogen-bond acceptors (Lipinski definition) is 8. The minimum Gasteiger partial charge on any atom is -0.470 e. The van der Waals surface area contributed by atoms with Crippen LogP contribution in [0.4, 0.5) is 9.52 Å². The summed E-state index contributed by atoms with van der Waals surface area (Å²) in [5.74, 6) is -0.380. The second kappa shape index (κ2) is 7.16. The number of carbonyl (C=O) groups is 1. The Morgan fingerprint density at radius 3 is 3.19 bits per heavy atom. The molecule has 27 heavy (non-hydrogen) atoms. The Hall–Kier alpha value is -2.66. The van der Waals surface area contributed by atoms with Gasteiger partial charge < -0.3 is 10.1 Å². The standard InChI is InChI=1S/C16H18FN7O2S/c1-9-5-11(26-15-14-22-19-8-23(14)4-3-18-15)6-24(9)7-12-13(17)21-16(27-12)20-10(2)25/h3-4,8-9,11H,5-7H2,1-2H3,(H,20,21,25). The molecule has 0 aliphatic carbocycles. The smallest absolute Gasteiger partial charge is 0.260 e. The van der Waals surface area contributed by atoms with Crippen LogP contribution in [-0.4, -0.2) is 54.1 Å². The number of fused-ring (bicyclic) bond motifs is 1. The second-order valence-electron chi connectivity index (χ2n) is 6.46. The molecule has 0 bridgehead atoms. The van der Waals surface area contributed by atoms with Gasteiger partial charge >= 0.3 is 0 Å². The Labute approximate surface area is 158 Å². The van der Waals surface area contributed by atoms with Gasteiger partial charge in [0.25, 0.3) is 5.88 Å². The molecule has 1 fully saturated rings. The predicted octanol–water partition coefficient (Wildman–Crippen LogP) is 1.72. The number of carbonyl (C=O) groups excluding carboxylic acids is 1. The third-order valence-corrected chi connectivity index (χ3v) is 5.34. The van der Waals surface area contributed by atoms with Gasteiger partial charge in [-0.05, 0) is 6.92 Å². The number of likely N-dealkylation sites (tertiary alicyclic amines) is 1. The van der Waals surface area contributed by atoms with Crippen LogP contribution in [0.5, 0.6) is 5.88 Å². The molecule has 1 saturated heterocycles. The van der Waals surface area contributed by atoms with E-state index in [0.29, 0.717) is 29.5 Å². The Morgan fingerprint density at radius 2 is 2.37 bits per heavy atom. The fourth-order valence-corrected chi connectivity index (χ4v) is 4.06. The molecule has 0 radical (unpaired) electrons. The minimum absolute atomic E-state index is 0.0822. The summed E-state index contributed by atoms with van der Waals surface area (Å²) in [7, 11) is 0. The number of nitrogens with one attached hydrogen (secondary N) is 1. The number of hydrogen-bond donors (Lipinski definition) is 1. The fourth-order valence-electron chi connectivity index (χ4n) is 3.15. The van der Waals surface area contributed by atoms with Crippen molar-refractivity contribution in [3.63, 3.8) is 0 Å². The minimum atomic E-state index is -0.546. The average molecular weight is 391 g/mol. The summed E-state index contributed by atoms with van der Waals surface area (Å²) in [5, 5.41) is 10.7. The maximum Gasteiger partial charge on any atom is 0.260 e. The zero-order valence-corrected chi connectivity index (χ0v) is 15.6. The lowest BCUT2D eigenvalue weighted by molar-refractivity contribution is -0.114. The number of nitrogens with zero attached hydrogens (tertiary/aromatic N) is 6. The third-order valence-electron chi connectivity index (χ3n) is 4.41. The first-order valence-electron chi connectivity index (χ1n) is 8.47. The summed E-state index contributed by atoms with van der Waals surface area (Å²) in [6.07, 6.45) is 5.69.